The second-order valence-corrected chi connectivity index (χ2v) is 9.32. The molecule has 1 aromatic heterocycles. The molecule has 9 heteroatoms. The summed E-state index contributed by atoms with van der Waals surface area (Å²) >= 11 is 14.9. The van der Waals surface area contributed by atoms with Crippen LogP contribution in [0.1, 0.15) is 10.4 Å². The molecule has 0 aliphatic rings. The van der Waals surface area contributed by atoms with Crippen LogP contribution in [0.3, 0.4) is 0 Å². The summed E-state index contributed by atoms with van der Waals surface area (Å²) in [6.07, 6.45) is 0. The molecule has 0 fully saturated rings. The van der Waals surface area contributed by atoms with Crippen LogP contribution in [0.4, 0.5) is 5.69 Å². The smallest absolute Gasteiger partial charge is 0.259 e. The Morgan fingerprint density at radius 1 is 1.17 bits per heavy atom. The molecule has 1 amide bonds. The first-order valence-corrected chi connectivity index (χ1v) is 11.0. The van der Waals surface area contributed by atoms with Crippen LogP contribution in [0.25, 0.3) is 10.2 Å². The third kappa shape index (κ3) is 4.34. The van der Waals surface area contributed by atoms with Crippen LogP contribution in [0, 0.1) is 0 Å². The number of amides is 1. The number of carbonyl (C=O) groups excluding carboxylic acids is 1. The molecular formula is C21H14Cl2N2O3S2. The summed E-state index contributed by atoms with van der Waals surface area (Å²) in [5.74, 6) is -0.274. The van der Waals surface area contributed by atoms with Crippen LogP contribution in [-0.2, 0) is 0 Å². The monoisotopic (exact) mass is 476 g/mol. The Hall–Kier alpha value is -2.45. The number of carbonyl (C=O) groups is 1. The first kappa shape index (κ1) is 20.8. The standard InChI is InChI=1S/C21H14Cl2N2O3S2/c1-28-16-10-12(24-20(27)13-8-11(22)9-14(23)19(13)26)6-7-18(16)30-21-25-15-4-2-3-5-17(15)29-21/h2-10,26H,1H3,(H,24,27). The number of phenolic OH excluding ortho intramolecular Hbond substituents is 1. The fourth-order valence-corrected chi connectivity index (χ4v) is 5.36. The number of aromatic hydroxyl groups is 1. The summed E-state index contributed by atoms with van der Waals surface area (Å²) < 4.78 is 7.50. The number of anilines is 1. The molecule has 152 valence electrons. The van der Waals surface area contributed by atoms with E-state index in [4.69, 9.17) is 27.9 Å². The van der Waals surface area contributed by atoms with E-state index < -0.39 is 5.91 Å². The zero-order valence-electron chi connectivity index (χ0n) is 15.5. The van der Waals surface area contributed by atoms with Crippen LogP contribution in [0.5, 0.6) is 11.5 Å². The Morgan fingerprint density at radius 3 is 2.73 bits per heavy atom. The molecule has 0 radical (unpaired) electrons. The van der Waals surface area contributed by atoms with Crippen molar-refractivity contribution < 1.29 is 14.6 Å². The maximum Gasteiger partial charge on any atom is 0.259 e. The second-order valence-electron chi connectivity index (χ2n) is 6.15. The van der Waals surface area contributed by atoms with E-state index >= 15 is 0 Å². The van der Waals surface area contributed by atoms with Crippen molar-refractivity contribution >= 4 is 68.1 Å². The number of hydrogen-bond donors (Lipinski definition) is 2. The minimum Gasteiger partial charge on any atom is -0.506 e. The predicted octanol–water partition coefficient (Wildman–Crippen LogP) is 6.72. The van der Waals surface area contributed by atoms with Gasteiger partial charge >= 0.3 is 0 Å². The number of nitrogens with zero attached hydrogens (tertiary/aromatic N) is 1. The normalized spacial score (nSPS) is 10.9. The zero-order valence-corrected chi connectivity index (χ0v) is 18.6. The Balaban J connectivity index is 1.57. The van der Waals surface area contributed by atoms with Crippen molar-refractivity contribution in [2.24, 2.45) is 0 Å². The van der Waals surface area contributed by atoms with Crippen molar-refractivity contribution in [1.29, 1.82) is 0 Å². The van der Waals surface area contributed by atoms with E-state index in [1.165, 1.54) is 23.9 Å². The van der Waals surface area contributed by atoms with Crippen LogP contribution in [-0.4, -0.2) is 23.1 Å². The number of rotatable bonds is 5. The fraction of sp³-hybridized carbons (Fsp3) is 0.0476. The molecule has 0 saturated heterocycles. The van der Waals surface area contributed by atoms with E-state index in [-0.39, 0.29) is 21.4 Å². The number of fused-ring (bicyclic) bond motifs is 1. The molecule has 4 rings (SSSR count). The van der Waals surface area contributed by atoms with Crippen LogP contribution in [0.15, 0.2) is 63.8 Å². The Bertz CT molecular complexity index is 1230. The first-order chi connectivity index (χ1) is 14.4. The third-order valence-corrected chi connectivity index (χ3v) is 6.83. The van der Waals surface area contributed by atoms with Gasteiger partial charge in [0.2, 0.25) is 0 Å². The summed E-state index contributed by atoms with van der Waals surface area (Å²) in [6, 6.07) is 16.0. The van der Waals surface area contributed by atoms with Gasteiger partial charge < -0.3 is 15.2 Å². The molecule has 0 atom stereocenters. The number of thiazole rings is 1. The maximum atomic E-state index is 12.6. The highest BCUT2D eigenvalue weighted by Crippen LogP contribution is 2.40. The van der Waals surface area contributed by atoms with Crippen LogP contribution >= 0.6 is 46.3 Å². The average molecular weight is 477 g/mol. The maximum absolute atomic E-state index is 12.6. The molecule has 0 aliphatic carbocycles. The fourth-order valence-electron chi connectivity index (χ4n) is 2.76. The largest absolute Gasteiger partial charge is 0.506 e. The van der Waals surface area contributed by atoms with E-state index in [0.717, 1.165) is 19.5 Å². The van der Waals surface area contributed by atoms with Crippen molar-refractivity contribution in [2.45, 2.75) is 9.24 Å². The van der Waals surface area contributed by atoms with E-state index in [1.54, 1.807) is 30.6 Å². The number of phenols is 1. The van der Waals surface area contributed by atoms with Gasteiger partial charge in [0, 0.05) is 16.8 Å². The Labute approximate surface area is 190 Å². The van der Waals surface area contributed by atoms with Crippen molar-refractivity contribution in [3.8, 4) is 11.5 Å². The Kier molecular flexibility index (Phi) is 6.06. The highest BCUT2D eigenvalue weighted by Gasteiger charge is 2.17. The van der Waals surface area contributed by atoms with E-state index in [2.05, 4.69) is 10.3 Å². The summed E-state index contributed by atoms with van der Waals surface area (Å²) in [4.78, 5) is 18.1. The van der Waals surface area contributed by atoms with Crippen LogP contribution < -0.4 is 10.1 Å². The van der Waals surface area contributed by atoms with Gasteiger partial charge in [-0.05, 0) is 36.4 Å². The van der Waals surface area contributed by atoms with Gasteiger partial charge in [0.1, 0.15) is 11.5 Å². The minimum atomic E-state index is -0.537. The number of aromatic nitrogens is 1. The quantitative estimate of drug-likeness (QED) is 0.334. The van der Waals surface area contributed by atoms with Gasteiger partial charge in [0.05, 0.1) is 32.8 Å². The number of hydrogen-bond acceptors (Lipinski definition) is 6. The molecule has 1 heterocycles. The molecule has 0 bridgehead atoms. The van der Waals surface area contributed by atoms with Gasteiger partial charge in [0.15, 0.2) is 4.34 Å². The number of methoxy groups -OCH3 is 1. The average Bonchev–Trinajstić information content (AvgIpc) is 3.14. The third-order valence-electron chi connectivity index (χ3n) is 4.17. The molecule has 30 heavy (non-hydrogen) atoms. The van der Waals surface area contributed by atoms with Crippen molar-refractivity contribution in [3.05, 3.63) is 70.2 Å². The van der Waals surface area contributed by atoms with Crippen LogP contribution in [0.2, 0.25) is 10.0 Å². The second kappa shape index (κ2) is 8.73. The highest BCUT2D eigenvalue weighted by molar-refractivity contribution is 8.01. The van der Waals surface area contributed by atoms with E-state index in [0.29, 0.717) is 11.4 Å². The Morgan fingerprint density at radius 2 is 1.97 bits per heavy atom. The highest BCUT2D eigenvalue weighted by atomic mass is 35.5. The SMILES string of the molecule is COc1cc(NC(=O)c2cc(Cl)cc(Cl)c2O)ccc1Sc1nc2ccccc2s1. The first-order valence-electron chi connectivity index (χ1n) is 8.65. The lowest BCUT2D eigenvalue weighted by Gasteiger charge is -2.12. The molecule has 0 saturated carbocycles. The molecule has 2 N–H and O–H groups in total. The molecule has 5 nitrogen and oxygen atoms in total. The lowest BCUT2D eigenvalue weighted by molar-refractivity contribution is 0.102. The number of nitrogens with one attached hydrogen (secondary N) is 1. The van der Waals surface area contributed by atoms with Gasteiger partial charge in [-0.15, -0.1) is 11.3 Å². The number of benzene rings is 3. The van der Waals surface area contributed by atoms with E-state index in [1.807, 2.05) is 30.3 Å². The summed E-state index contributed by atoms with van der Waals surface area (Å²) in [6.45, 7) is 0. The van der Waals surface area contributed by atoms with Crippen molar-refractivity contribution in [1.82, 2.24) is 4.98 Å². The van der Waals surface area contributed by atoms with Crippen molar-refractivity contribution in [2.75, 3.05) is 12.4 Å². The van der Waals surface area contributed by atoms with Gasteiger partial charge in [0.25, 0.3) is 5.91 Å². The van der Waals surface area contributed by atoms with Gasteiger partial charge in [-0.25, -0.2) is 4.98 Å². The molecule has 0 spiro atoms. The van der Waals surface area contributed by atoms with Gasteiger partial charge in [-0.1, -0.05) is 47.1 Å². The zero-order chi connectivity index (χ0) is 21.3. The number of para-hydroxylation sites is 1. The summed E-state index contributed by atoms with van der Waals surface area (Å²) in [5, 5.41) is 13.0. The predicted molar refractivity (Wildman–Crippen MR) is 123 cm³/mol. The minimum absolute atomic E-state index is 0.00723. The summed E-state index contributed by atoms with van der Waals surface area (Å²) in [5.41, 5.74) is 1.44. The van der Waals surface area contributed by atoms with Gasteiger partial charge in [-0.2, -0.15) is 0 Å². The number of ether oxygens (including phenoxy) is 1. The molecule has 3 aromatic carbocycles. The molecule has 0 aliphatic heterocycles. The van der Waals surface area contributed by atoms with Gasteiger partial charge in [-0.3, -0.25) is 4.79 Å². The lowest BCUT2D eigenvalue weighted by Crippen LogP contribution is -2.12. The molecule has 0 unspecified atom stereocenters. The van der Waals surface area contributed by atoms with E-state index in [9.17, 15) is 9.90 Å². The van der Waals surface area contributed by atoms with Crippen molar-refractivity contribution in [3.63, 3.8) is 0 Å². The molecule has 4 aromatic rings. The lowest BCUT2D eigenvalue weighted by atomic mass is 10.1. The number of halogens is 2. The topological polar surface area (TPSA) is 71.5 Å². The summed E-state index contributed by atoms with van der Waals surface area (Å²) in [7, 11) is 1.56. The molecular weight excluding hydrogens is 463 g/mol.